The van der Waals surface area contributed by atoms with Gasteiger partial charge in [-0.05, 0) is 49.1 Å². The number of carbonyl (C=O) groups excluding carboxylic acids is 1. The van der Waals surface area contributed by atoms with Gasteiger partial charge in [0.2, 0.25) is 0 Å². The van der Waals surface area contributed by atoms with Crippen molar-refractivity contribution in [3.05, 3.63) is 65.2 Å². The summed E-state index contributed by atoms with van der Waals surface area (Å²) in [6.45, 7) is 0. The van der Waals surface area contributed by atoms with Gasteiger partial charge in [-0.1, -0.05) is 24.3 Å². The van der Waals surface area contributed by atoms with Gasteiger partial charge in [0, 0.05) is 11.1 Å². The predicted octanol–water partition coefficient (Wildman–Crippen LogP) is 2.86. The fraction of sp³-hybridized carbons (Fsp3) is 0.176. The molecule has 0 unspecified atom stereocenters. The third kappa shape index (κ3) is 2.94. The highest BCUT2D eigenvalue weighted by Gasteiger charge is 2.15. The van der Waals surface area contributed by atoms with Crippen LogP contribution in [0.4, 0.5) is 0 Å². The molecule has 0 radical (unpaired) electrons. The summed E-state index contributed by atoms with van der Waals surface area (Å²) < 4.78 is 0. The molecular weight excluding hydrogens is 264 g/mol. The predicted molar refractivity (Wildman–Crippen MR) is 81.5 cm³/mol. The van der Waals surface area contributed by atoms with Crippen LogP contribution in [0, 0.1) is 0 Å². The molecular formula is C17H16N2O2. The quantitative estimate of drug-likeness (QED) is 0.831. The van der Waals surface area contributed by atoms with Crippen LogP contribution in [-0.2, 0) is 6.42 Å². The van der Waals surface area contributed by atoms with Gasteiger partial charge < -0.3 is 5.11 Å². The highest BCUT2D eigenvalue weighted by molar-refractivity contribution is 6.04. The van der Waals surface area contributed by atoms with Crippen molar-refractivity contribution >= 4 is 11.6 Å². The molecule has 2 N–H and O–H groups in total. The molecule has 21 heavy (non-hydrogen) atoms. The smallest absolute Gasteiger partial charge is 0.271 e. The van der Waals surface area contributed by atoms with E-state index in [1.54, 1.807) is 12.1 Å². The van der Waals surface area contributed by atoms with Gasteiger partial charge in [0.05, 0.1) is 5.71 Å². The number of carbonyl (C=O) groups is 1. The lowest BCUT2D eigenvalue weighted by Crippen LogP contribution is -2.22. The minimum absolute atomic E-state index is 0.138. The molecule has 4 heteroatoms. The fourth-order valence-corrected chi connectivity index (χ4v) is 2.51. The Balaban J connectivity index is 1.78. The summed E-state index contributed by atoms with van der Waals surface area (Å²) in [4.78, 5) is 12.0. The van der Waals surface area contributed by atoms with Crippen LogP contribution in [0.25, 0.3) is 0 Å². The Kier molecular flexibility index (Phi) is 3.69. The highest BCUT2D eigenvalue weighted by Crippen LogP contribution is 2.21. The lowest BCUT2D eigenvalue weighted by Gasteiger charge is -2.17. The van der Waals surface area contributed by atoms with Crippen LogP contribution in [0.3, 0.4) is 0 Å². The first-order valence-electron chi connectivity index (χ1n) is 6.98. The van der Waals surface area contributed by atoms with Crippen molar-refractivity contribution in [1.82, 2.24) is 5.43 Å². The molecule has 106 valence electrons. The number of aryl methyl sites for hydroxylation is 1. The van der Waals surface area contributed by atoms with Crippen LogP contribution in [0.2, 0.25) is 0 Å². The first-order chi connectivity index (χ1) is 10.2. The van der Waals surface area contributed by atoms with E-state index in [-0.39, 0.29) is 11.7 Å². The van der Waals surface area contributed by atoms with Crippen LogP contribution in [-0.4, -0.2) is 16.7 Å². The number of aromatic hydroxyl groups is 1. The molecule has 1 aliphatic carbocycles. The Morgan fingerprint density at radius 2 is 1.81 bits per heavy atom. The zero-order valence-electron chi connectivity index (χ0n) is 11.5. The number of rotatable bonds is 2. The summed E-state index contributed by atoms with van der Waals surface area (Å²) >= 11 is 0. The molecule has 1 aliphatic rings. The number of phenolic OH excluding ortho intramolecular Hbond substituents is 1. The van der Waals surface area contributed by atoms with Crippen molar-refractivity contribution in [2.75, 3.05) is 0 Å². The maximum atomic E-state index is 12.0. The average molecular weight is 280 g/mol. The van der Waals surface area contributed by atoms with Gasteiger partial charge in [-0.15, -0.1) is 0 Å². The van der Waals surface area contributed by atoms with Crippen molar-refractivity contribution in [3.63, 3.8) is 0 Å². The molecule has 0 aromatic heterocycles. The molecule has 0 bridgehead atoms. The Morgan fingerprint density at radius 3 is 2.62 bits per heavy atom. The Labute approximate surface area is 123 Å². The summed E-state index contributed by atoms with van der Waals surface area (Å²) in [6, 6.07) is 14.3. The van der Waals surface area contributed by atoms with E-state index >= 15 is 0 Å². The molecule has 0 saturated heterocycles. The van der Waals surface area contributed by atoms with Crippen LogP contribution in [0.1, 0.15) is 34.3 Å². The van der Waals surface area contributed by atoms with E-state index in [4.69, 9.17) is 0 Å². The number of hydrazone groups is 1. The molecule has 0 atom stereocenters. The fourth-order valence-electron chi connectivity index (χ4n) is 2.51. The SMILES string of the molecule is O=C(NN=C1CCCc2ccccc21)c1ccc(O)cc1. The molecule has 0 saturated carbocycles. The van der Waals surface area contributed by atoms with Gasteiger partial charge in [0.15, 0.2) is 0 Å². The second-order valence-electron chi connectivity index (χ2n) is 5.06. The van der Waals surface area contributed by atoms with Crippen molar-refractivity contribution in [2.45, 2.75) is 19.3 Å². The second-order valence-corrected chi connectivity index (χ2v) is 5.06. The number of amides is 1. The van der Waals surface area contributed by atoms with Gasteiger partial charge >= 0.3 is 0 Å². The summed E-state index contributed by atoms with van der Waals surface area (Å²) in [5, 5.41) is 13.5. The van der Waals surface area contributed by atoms with E-state index in [0.717, 1.165) is 30.5 Å². The van der Waals surface area contributed by atoms with E-state index < -0.39 is 0 Å². The third-order valence-electron chi connectivity index (χ3n) is 3.61. The van der Waals surface area contributed by atoms with Crippen LogP contribution >= 0.6 is 0 Å². The van der Waals surface area contributed by atoms with Crippen LogP contribution in [0.15, 0.2) is 53.6 Å². The summed E-state index contributed by atoms with van der Waals surface area (Å²) in [5.74, 6) is -0.135. The zero-order chi connectivity index (χ0) is 14.7. The van der Waals surface area contributed by atoms with Crippen LogP contribution in [0.5, 0.6) is 5.75 Å². The van der Waals surface area contributed by atoms with Crippen molar-refractivity contribution in [3.8, 4) is 5.75 Å². The van der Waals surface area contributed by atoms with E-state index in [9.17, 15) is 9.90 Å². The average Bonchev–Trinajstić information content (AvgIpc) is 2.53. The molecule has 1 amide bonds. The summed E-state index contributed by atoms with van der Waals surface area (Å²) in [5.41, 5.74) is 6.39. The topological polar surface area (TPSA) is 61.7 Å². The first kappa shape index (κ1) is 13.4. The summed E-state index contributed by atoms with van der Waals surface area (Å²) in [7, 11) is 0. The lowest BCUT2D eigenvalue weighted by molar-refractivity contribution is 0.0954. The van der Waals surface area contributed by atoms with E-state index in [0.29, 0.717) is 5.56 Å². The minimum atomic E-state index is -0.273. The van der Waals surface area contributed by atoms with Crippen molar-refractivity contribution in [2.24, 2.45) is 5.10 Å². The molecule has 0 fully saturated rings. The maximum absolute atomic E-state index is 12.0. The van der Waals surface area contributed by atoms with Gasteiger partial charge in [0.1, 0.15) is 5.75 Å². The number of nitrogens with zero attached hydrogens (tertiary/aromatic N) is 1. The van der Waals surface area contributed by atoms with E-state index in [1.807, 2.05) is 18.2 Å². The molecule has 3 rings (SSSR count). The largest absolute Gasteiger partial charge is 0.508 e. The second kappa shape index (κ2) is 5.79. The number of benzene rings is 2. The van der Waals surface area contributed by atoms with Gasteiger partial charge in [-0.2, -0.15) is 5.10 Å². The van der Waals surface area contributed by atoms with Crippen molar-refractivity contribution < 1.29 is 9.90 Å². The maximum Gasteiger partial charge on any atom is 0.271 e. The molecule has 0 spiro atoms. The first-order valence-corrected chi connectivity index (χ1v) is 6.98. The molecule has 4 nitrogen and oxygen atoms in total. The van der Waals surface area contributed by atoms with Gasteiger partial charge in [0.25, 0.3) is 5.91 Å². The normalized spacial score (nSPS) is 15.5. The minimum Gasteiger partial charge on any atom is -0.508 e. The Morgan fingerprint density at radius 1 is 1.05 bits per heavy atom. The van der Waals surface area contributed by atoms with Crippen LogP contribution < -0.4 is 5.43 Å². The standard InChI is InChI=1S/C17H16N2O2/c20-14-10-8-13(9-11-14)17(21)19-18-16-7-3-5-12-4-1-2-6-15(12)16/h1-2,4,6,8-11,20H,3,5,7H2,(H,19,21). The Bertz CT molecular complexity index is 690. The number of hydrogen-bond acceptors (Lipinski definition) is 3. The number of fused-ring (bicyclic) bond motifs is 1. The number of hydrogen-bond donors (Lipinski definition) is 2. The molecule has 0 heterocycles. The van der Waals surface area contributed by atoms with E-state index in [1.165, 1.54) is 17.7 Å². The monoisotopic (exact) mass is 280 g/mol. The highest BCUT2D eigenvalue weighted by atomic mass is 16.3. The van der Waals surface area contributed by atoms with Gasteiger partial charge in [-0.25, -0.2) is 5.43 Å². The molecule has 0 aliphatic heterocycles. The number of nitrogens with one attached hydrogen (secondary N) is 1. The zero-order valence-corrected chi connectivity index (χ0v) is 11.5. The summed E-state index contributed by atoms with van der Waals surface area (Å²) in [6.07, 6.45) is 2.97. The Hall–Kier alpha value is -2.62. The lowest BCUT2D eigenvalue weighted by atomic mass is 9.90. The number of phenols is 1. The van der Waals surface area contributed by atoms with Crippen molar-refractivity contribution in [1.29, 1.82) is 0 Å². The van der Waals surface area contributed by atoms with E-state index in [2.05, 4.69) is 16.6 Å². The molecule has 2 aromatic carbocycles. The van der Waals surface area contributed by atoms with Gasteiger partial charge in [-0.3, -0.25) is 4.79 Å². The third-order valence-corrected chi connectivity index (χ3v) is 3.61. The molecule has 2 aromatic rings.